The van der Waals surface area contributed by atoms with E-state index in [2.05, 4.69) is 41.4 Å². The van der Waals surface area contributed by atoms with Crippen LogP contribution in [0.3, 0.4) is 0 Å². The van der Waals surface area contributed by atoms with Gasteiger partial charge in [-0.3, -0.25) is 9.69 Å². The second-order valence-electron chi connectivity index (χ2n) is 6.75. The summed E-state index contributed by atoms with van der Waals surface area (Å²) in [4.78, 5) is 14.9. The summed E-state index contributed by atoms with van der Waals surface area (Å²) >= 11 is 5.92. The summed E-state index contributed by atoms with van der Waals surface area (Å²) in [6.45, 7) is 6.15. The van der Waals surface area contributed by atoms with Crippen LogP contribution in [0.15, 0.2) is 48.5 Å². The van der Waals surface area contributed by atoms with E-state index in [4.69, 9.17) is 16.3 Å². The van der Waals surface area contributed by atoms with Crippen LogP contribution >= 0.6 is 11.6 Å². The van der Waals surface area contributed by atoms with E-state index in [0.29, 0.717) is 11.4 Å². The third-order valence-corrected chi connectivity index (χ3v) is 4.89. The fraction of sp³-hybridized carbons (Fsp3) is 0.381. The molecule has 0 aliphatic carbocycles. The molecule has 138 valence electrons. The number of hydrogen-bond donors (Lipinski definition) is 1. The van der Waals surface area contributed by atoms with Gasteiger partial charge in [0.05, 0.1) is 25.7 Å². The summed E-state index contributed by atoms with van der Waals surface area (Å²) in [5, 5.41) is 3.89. The summed E-state index contributed by atoms with van der Waals surface area (Å²) in [5.41, 5.74) is 3.30. The van der Waals surface area contributed by atoms with E-state index in [1.807, 2.05) is 24.3 Å². The third kappa shape index (κ3) is 5.56. The number of carbonyl (C=O) groups is 1. The predicted molar refractivity (Wildman–Crippen MR) is 104 cm³/mol. The standard InChI is InChI=1S/C21H25ClN2O2/c1-16-2-6-18(7-3-16)20(15-24-10-12-26-13-11-24)23-21(25)14-17-4-8-19(22)9-5-17/h2-9,20H,10-15H2,1H3,(H,23,25)/t20-/m0/s1. The molecule has 26 heavy (non-hydrogen) atoms. The Morgan fingerprint density at radius 3 is 2.42 bits per heavy atom. The Labute approximate surface area is 160 Å². The fourth-order valence-electron chi connectivity index (χ4n) is 3.11. The molecule has 2 aromatic carbocycles. The molecule has 1 aliphatic rings. The zero-order chi connectivity index (χ0) is 18.4. The van der Waals surface area contributed by atoms with Gasteiger partial charge < -0.3 is 10.1 Å². The van der Waals surface area contributed by atoms with Crippen molar-refractivity contribution in [3.63, 3.8) is 0 Å². The number of carbonyl (C=O) groups excluding carboxylic acids is 1. The lowest BCUT2D eigenvalue weighted by Crippen LogP contribution is -2.43. The van der Waals surface area contributed by atoms with E-state index in [0.717, 1.165) is 44.0 Å². The molecular weight excluding hydrogens is 348 g/mol. The molecule has 3 rings (SSSR count). The van der Waals surface area contributed by atoms with Crippen molar-refractivity contribution in [2.24, 2.45) is 0 Å². The molecule has 0 bridgehead atoms. The Balaban J connectivity index is 1.68. The molecule has 1 aliphatic heterocycles. The minimum Gasteiger partial charge on any atom is -0.379 e. The number of amides is 1. The molecule has 1 amide bonds. The first-order chi connectivity index (χ1) is 12.6. The maximum Gasteiger partial charge on any atom is 0.224 e. The van der Waals surface area contributed by atoms with Crippen LogP contribution in [0.4, 0.5) is 0 Å². The first-order valence-corrected chi connectivity index (χ1v) is 9.38. The van der Waals surface area contributed by atoms with Crippen LogP contribution in [0, 0.1) is 6.92 Å². The van der Waals surface area contributed by atoms with Crippen molar-refractivity contribution in [1.82, 2.24) is 10.2 Å². The molecular formula is C21H25ClN2O2. The molecule has 0 saturated carbocycles. The summed E-state index contributed by atoms with van der Waals surface area (Å²) in [6.07, 6.45) is 0.350. The van der Waals surface area contributed by atoms with Crippen LogP contribution in [0.25, 0.3) is 0 Å². The van der Waals surface area contributed by atoms with Crippen LogP contribution in [0.2, 0.25) is 5.02 Å². The zero-order valence-electron chi connectivity index (χ0n) is 15.1. The van der Waals surface area contributed by atoms with E-state index < -0.39 is 0 Å². The molecule has 0 spiro atoms. The van der Waals surface area contributed by atoms with Gasteiger partial charge in [-0.25, -0.2) is 0 Å². The summed E-state index contributed by atoms with van der Waals surface area (Å²) in [7, 11) is 0. The molecule has 0 aromatic heterocycles. The average Bonchev–Trinajstić information content (AvgIpc) is 2.65. The quantitative estimate of drug-likeness (QED) is 0.845. The second kappa shape index (κ2) is 9.17. The fourth-order valence-corrected chi connectivity index (χ4v) is 3.23. The lowest BCUT2D eigenvalue weighted by atomic mass is 10.0. The van der Waals surface area contributed by atoms with Gasteiger partial charge in [-0.05, 0) is 30.2 Å². The number of morpholine rings is 1. The number of benzene rings is 2. The minimum atomic E-state index is -0.0338. The van der Waals surface area contributed by atoms with Gasteiger partial charge in [0.2, 0.25) is 5.91 Å². The van der Waals surface area contributed by atoms with Gasteiger partial charge in [0, 0.05) is 24.7 Å². The smallest absolute Gasteiger partial charge is 0.224 e. The van der Waals surface area contributed by atoms with Crippen molar-refractivity contribution in [1.29, 1.82) is 0 Å². The van der Waals surface area contributed by atoms with Crippen molar-refractivity contribution in [2.75, 3.05) is 32.8 Å². The normalized spacial score (nSPS) is 16.2. The van der Waals surface area contributed by atoms with Crippen molar-refractivity contribution in [3.05, 3.63) is 70.2 Å². The molecule has 1 heterocycles. The SMILES string of the molecule is Cc1ccc([C@H](CN2CCOCC2)NC(=O)Cc2ccc(Cl)cc2)cc1. The highest BCUT2D eigenvalue weighted by atomic mass is 35.5. The molecule has 1 N–H and O–H groups in total. The maximum absolute atomic E-state index is 12.6. The van der Waals surface area contributed by atoms with Crippen molar-refractivity contribution in [2.45, 2.75) is 19.4 Å². The third-order valence-electron chi connectivity index (χ3n) is 4.64. The molecule has 5 heteroatoms. The number of ether oxygens (including phenoxy) is 1. The first kappa shape index (κ1) is 18.9. The van der Waals surface area contributed by atoms with Crippen LogP contribution < -0.4 is 5.32 Å². The van der Waals surface area contributed by atoms with E-state index in [1.165, 1.54) is 5.56 Å². The Bertz CT molecular complexity index is 710. The number of nitrogens with zero attached hydrogens (tertiary/aromatic N) is 1. The first-order valence-electron chi connectivity index (χ1n) is 9.00. The lowest BCUT2D eigenvalue weighted by Gasteiger charge is -2.31. The maximum atomic E-state index is 12.6. The Kier molecular flexibility index (Phi) is 6.67. The molecule has 1 fully saturated rings. The van der Waals surface area contributed by atoms with E-state index in [-0.39, 0.29) is 11.9 Å². The van der Waals surface area contributed by atoms with E-state index in [1.54, 1.807) is 0 Å². The highest BCUT2D eigenvalue weighted by molar-refractivity contribution is 6.30. The van der Waals surface area contributed by atoms with Gasteiger partial charge in [0.15, 0.2) is 0 Å². The molecule has 2 aromatic rings. The van der Waals surface area contributed by atoms with Gasteiger partial charge in [-0.2, -0.15) is 0 Å². The number of hydrogen-bond acceptors (Lipinski definition) is 3. The monoisotopic (exact) mass is 372 g/mol. The number of aryl methyl sites for hydroxylation is 1. The molecule has 0 unspecified atom stereocenters. The van der Waals surface area contributed by atoms with Crippen LogP contribution in [-0.2, 0) is 16.0 Å². The van der Waals surface area contributed by atoms with E-state index in [9.17, 15) is 4.79 Å². The summed E-state index contributed by atoms with van der Waals surface area (Å²) in [6, 6.07) is 15.8. The van der Waals surface area contributed by atoms with Gasteiger partial charge in [0.25, 0.3) is 0 Å². The lowest BCUT2D eigenvalue weighted by molar-refractivity contribution is -0.121. The van der Waals surface area contributed by atoms with Gasteiger partial charge in [-0.1, -0.05) is 53.6 Å². The average molecular weight is 373 g/mol. The zero-order valence-corrected chi connectivity index (χ0v) is 15.8. The van der Waals surface area contributed by atoms with Gasteiger partial charge in [-0.15, -0.1) is 0 Å². The molecule has 4 nitrogen and oxygen atoms in total. The minimum absolute atomic E-state index is 0.0196. The number of rotatable bonds is 6. The largest absolute Gasteiger partial charge is 0.379 e. The number of halogens is 1. The highest BCUT2D eigenvalue weighted by Crippen LogP contribution is 2.17. The van der Waals surface area contributed by atoms with Crippen LogP contribution in [0.5, 0.6) is 0 Å². The van der Waals surface area contributed by atoms with E-state index >= 15 is 0 Å². The predicted octanol–water partition coefficient (Wildman–Crippen LogP) is 3.38. The van der Waals surface area contributed by atoms with Crippen LogP contribution in [0.1, 0.15) is 22.7 Å². The Morgan fingerprint density at radius 1 is 1.12 bits per heavy atom. The van der Waals surface area contributed by atoms with Crippen LogP contribution in [-0.4, -0.2) is 43.7 Å². The number of nitrogens with one attached hydrogen (secondary N) is 1. The Hall–Kier alpha value is -1.88. The second-order valence-corrected chi connectivity index (χ2v) is 7.18. The molecule has 1 atom stereocenters. The van der Waals surface area contributed by atoms with Crippen molar-refractivity contribution in [3.8, 4) is 0 Å². The highest BCUT2D eigenvalue weighted by Gasteiger charge is 2.20. The summed E-state index contributed by atoms with van der Waals surface area (Å²) < 4.78 is 5.43. The van der Waals surface area contributed by atoms with Crippen molar-refractivity contribution >= 4 is 17.5 Å². The summed E-state index contributed by atoms with van der Waals surface area (Å²) in [5.74, 6) is 0.0196. The van der Waals surface area contributed by atoms with Crippen molar-refractivity contribution < 1.29 is 9.53 Å². The Morgan fingerprint density at radius 2 is 1.77 bits per heavy atom. The van der Waals surface area contributed by atoms with Gasteiger partial charge in [0.1, 0.15) is 0 Å². The van der Waals surface area contributed by atoms with Gasteiger partial charge >= 0.3 is 0 Å². The molecule has 1 saturated heterocycles. The molecule has 0 radical (unpaired) electrons. The topological polar surface area (TPSA) is 41.6 Å².